The van der Waals surface area contributed by atoms with Gasteiger partial charge >= 0.3 is 0 Å². The summed E-state index contributed by atoms with van der Waals surface area (Å²) in [4.78, 5) is 14.3. The fourth-order valence-corrected chi connectivity index (χ4v) is 3.25. The summed E-state index contributed by atoms with van der Waals surface area (Å²) in [6.07, 6.45) is 2.10. The number of likely N-dealkylation sites (tertiary alicyclic amines) is 1. The fraction of sp³-hybridized carbons (Fsp3) is 0.588. The van der Waals surface area contributed by atoms with Gasteiger partial charge in [0.15, 0.2) is 0 Å². The Labute approximate surface area is 130 Å². The highest BCUT2D eigenvalue weighted by Gasteiger charge is 2.21. The Kier molecular flexibility index (Phi) is 5.89. The third-order valence-electron chi connectivity index (χ3n) is 4.06. The first kappa shape index (κ1) is 16.9. The number of hydrogen-bond donors (Lipinski definition) is 1. The number of rotatable bonds is 5. The average Bonchev–Trinajstić information content (AvgIpc) is 2.42. The summed E-state index contributed by atoms with van der Waals surface area (Å²) in [6.45, 7) is 8.16. The zero-order chi connectivity index (χ0) is 16.1. The molecular formula is C17H24F2N2O. The van der Waals surface area contributed by atoms with Gasteiger partial charge in [-0.2, -0.15) is 0 Å². The molecule has 1 saturated heterocycles. The topological polar surface area (TPSA) is 32.3 Å². The zero-order valence-electron chi connectivity index (χ0n) is 13.2. The van der Waals surface area contributed by atoms with Gasteiger partial charge in [-0.3, -0.25) is 4.79 Å². The minimum atomic E-state index is -0.823. The van der Waals surface area contributed by atoms with E-state index in [4.69, 9.17) is 0 Å². The van der Waals surface area contributed by atoms with Crippen LogP contribution >= 0.6 is 0 Å². The van der Waals surface area contributed by atoms with Gasteiger partial charge in [0.25, 0.3) is 5.91 Å². The van der Waals surface area contributed by atoms with E-state index in [1.807, 2.05) is 0 Å². The molecule has 22 heavy (non-hydrogen) atoms. The molecule has 1 heterocycles. The zero-order valence-corrected chi connectivity index (χ0v) is 13.2. The summed E-state index contributed by atoms with van der Waals surface area (Å²) in [5.74, 6) is -0.560. The predicted molar refractivity (Wildman–Crippen MR) is 82.7 cm³/mol. The number of nitrogens with zero attached hydrogens (tertiary/aromatic N) is 1. The van der Waals surface area contributed by atoms with Crippen molar-refractivity contribution in [3.05, 3.63) is 35.4 Å². The SMILES string of the molecule is C[C@H]1C[C@H](C)CN(CCCNC(=O)c2ccc(F)cc2F)C1. The lowest BCUT2D eigenvalue weighted by molar-refractivity contribution is 0.0943. The summed E-state index contributed by atoms with van der Waals surface area (Å²) in [5.41, 5.74) is -0.110. The molecule has 1 N–H and O–H groups in total. The lowest BCUT2D eigenvalue weighted by Crippen LogP contribution is -2.40. The first-order chi connectivity index (χ1) is 10.5. The fourth-order valence-electron chi connectivity index (χ4n) is 3.25. The maximum absolute atomic E-state index is 13.5. The number of benzene rings is 1. The van der Waals surface area contributed by atoms with Gasteiger partial charge in [-0.15, -0.1) is 0 Å². The van der Waals surface area contributed by atoms with Crippen molar-refractivity contribution in [1.82, 2.24) is 10.2 Å². The van der Waals surface area contributed by atoms with Crippen molar-refractivity contribution >= 4 is 5.91 Å². The molecule has 0 aliphatic carbocycles. The van der Waals surface area contributed by atoms with Crippen LogP contribution in [0.4, 0.5) is 8.78 Å². The Bertz CT molecular complexity index is 511. The second-order valence-corrected chi connectivity index (χ2v) is 6.44. The van der Waals surface area contributed by atoms with Gasteiger partial charge in [0.2, 0.25) is 0 Å². The Morgan fingerprint density at radius 2 is 1.95 bits per heavy atom. The Morgan fingerprint density at radius 3 is 2.59 bits per heavy atom. The molecule has 1 aromatic carbocycles. The molecule has 3 nitrogen and oxygen atoms in total. The smallest absolute Gasteiger partial charge is 0.254 e. The highest BCUT2D eigenvalue weighted by molar-refractivity contribution is 5.94. The molecule has 1 fully saturated rings. The highest BCUT2D eigenvalue weighted by atomic mass is 19.1. The molecule has 5 heteroatoms. The lowest BCUT2D eigenvalue weighted by atomic mass is 9.92. The number of halogens is 2. The summed E-state index contributed by atoms with van der Waals surface area (Å²) >= 11 is 0. The molecule has 1 aliphatic rings. The van der Waals surface area contributed by atoms with Crippen LogP contribution in [-0.4, -0.2) is 37.0 Å². The van der Waals surface area contributed by atoms with Crippen LogP contribution in [0.15, 0.2) is 18.2 Å². The monoisotopic (exact) mass is 310 g/mol. The third kappa shape index (κ3) is 4.77. The number of amides is 1. The van der Waals surface area contributed by atoms with Crippen LogP contribution < -0.4 is 5.32 Å². The van der Waals surface area contributed by atoms with Crippen molar-refractivity contribution in [2.75, 3.05) is 26.2 Å². The first-order valence-corrected chi connectivity index (χ1v) is 7.91. The number of carbonyl (C=O) groups is 1. The largest absolute Gasteiger partial charge is 0.352 e. The maximum atomic E-state index is 13.5. The molecule has 1 aromatic rings. The van der Waals surface area contributed by atoms with Gasteiger partial charge in [-0.05, 0) is 43.4 Å². The third-order valence-corrected chi connectivity index (χ3v) is 4.06. The number of piperidine rings is 1. The summed E-state index contributed by atoms with van der Waals surface area (Å²) < 4.78 is 26.3. The normalized spacial score (nSPS) is 22.5. The van der Waals surface area contributed by atoms with Crippen molar-refractivity contribution in [1.29, 1.82) is 0 Å². The van der Waals surface area contributed by atoms with Gasteiger partial charge in [-0.25, -0.2) is 8.78 Å². The van der Waals surface area contributed by atoms with Crippen molar-refractivity contribution in [2.45, 2.75) is 26.7 Å². The van der Waals surface area contributed by atoms with Crippen LogP contribution in [0.5, 0.6) is 0 Å². The summed E-state index contributed by atoms with van der Waals surface area (Å²) in [5, 5.41) is 2.69. The molecule has 0 bridgehead atoms. The Hall–Kier alpha value is -1.49. The van der Waals surface area contributed by atoms with Crippen molar-refractivity contribution < 1.29 is 13.6 Å². The number of nitrogens with one attached hydrogen (secondary N) is 1. The van der Waals surface area contributed by atoms with E-state index in [0.717, 1.165) is 38.2 Å². The minimum Gasteiger partial charge on any atom is -0.352 e. The molecule has 0 saturated carbocycles. The number of carbonyl (C=O) groups excluding carboxylic acids is 1. The molecule has 122 valence electrons. The van der Waals surface area contributed by atoms with Crippen molar-refractivity contribution in [3.8, 4) is 0 Å². The van der Waals surface area contributed by atoms with E-state index in [2.05, 4.69) is 24.1 Å². The van der Waals surface area contributed by atoms with Crippen LogP contribution in [0.2, 0.25) is 0 Å². The average molecular weight is 310 g/mol. The Balaban J connectivity index is 1.73. The second-order valence-electron chi connectivity index (χ2n) is 6.44. The van der Waals surface area contributed by atoms with Gasteiger partial charge in [0.05, 0.1) is 5.56 Å². The van der Waals surface area contributed by atoms with Gasteiger partial charge in [0, 0.05) is 25.7 Å². The quantitative estimate of drug-likeness (QED) is 0.848. The van der Waals surface area contributed by atoms with Crippen LogP contribution in [0, 0.1) is 23.5 Å². The van der Waals surface area contributed by atoms with Crippen LogP contribution in [0.25, 0.3) is 0 Å². The van der Waals surface area contributed by atoms with Crippen molar-refractivity contribution in [3.63, 3.8) is 0 Å². The molecule has 1 amide bonds. The second kappa shape index (κ2) is 7.68. The number of hydrogen-bond acceptors (Lipinski definition) is 2. The summed E-state index contributed by atoms with van der Waals surface area (Å²) in [6, 6.07) is 2.99. The van der Waals surface area contributed by atoms with E-state index in [9.17, 15) is 13.6 Å². The van der Waals surface area contributed by atoms with E-state index in [1.54, 1.807) is 0 Å². The van der Waals surface area contributed by atoms with Gasteiger partial charge in [-0.1, -0.05) is 13.8 Å². The standard InChI is InChI=1S/C17H24F2N2O/c1-12-8-13(2)11-21(10-12)7-3-6-20-17(22)15-5-4-14(18)9-16(15)19/h4-5,9,12-13H,3,6-8,10-11H2,1-2H3,(H,20,22)/t12-,13-/m0/s1. The predicted octanol–water partition coefficient (Wildman–Crippen LogP) is 3.06. The molecule has 0 radical (unpaired) electrons. The van der Waals surface area contributed by atoms with E-state index in [-0.39, 0.29) is 5.56 Å². The minimum absolute atomic E-state index is 0.110. The molecule has 2 atom stereocenters. The maximum Gasteiger partial charge on any atom is 0.254 e. The van der Waals surface area contributed by atoms with E-state index in [0.29, 0.717) is 18.4 Å². The molecule has 0 unspecified atom stereocenters. The van der Waals surface area contributed by atoms with E-state index >= 15 is 0 Å². The molecule has 2 rings (SSSR count). The lowest BCUT2D eigenvalue weighted by Gasteiger charge is -2.34. The van der Waals surface area contributed by atoms with Crippen LogP contribution in [0.1, 0.15) is 37.0 Å². The highest BCUT2D eigenvalue weighted by Crippen LogP contribution is 2.20. The summed E-state index contributed by atoms with van der Waals surface area (Å²) in [7, 11) is 0. The van der Waals surface area contributed by atoms with Crippen LogP contribution in [-0.2, 0) is 0 Å². The Morgan fingerprint density at radius 1 is 1.27 bits per heavy atom. The van der Waals surface area contributed by atoms with E-state index < -0.39 is 17.5 Å². The first-order valence-electron chi connectivity index (χ1n) is 7.91. The van der Waals surface area contributed by atoms with Crippen LogP contribution in [0.3, 0.4) is 0 Å². The van der Waals surface area contributed by atoms with Gasteiger partial charge < -0.3 is 10.2 Å². The van der Waals surface area contributed by atoms with E-state index in [1.165, 1.54) is 12.5 Å². The molecular weight excluding hydrogens is 286 g/mol. The molecule has 0 spiro atoms. The molecule has 0 aromatic heterocycles. The molecule has 1 aliphatic heterocycles. The van der Waals surface area contributed by atoms with Gasteiger partial charge in [0.1, 0.15) is 11.6 Å². The van der Waals surface area contributed by atoms with Crippen molar-refractivity contribution in [2.24, 2.45) is 11.8 Å².